The number of benzene rings is 1. The van der Waals surface area contributed by atoms with Gasteiger partial charge in [-0.2, -0.15) is 0 Å². The highest BCUT2D eigenvalue weighted by Crippen LogP contribution is 2.24. The lowest BCUT2D eigenvalue weighted by atomic mass is 10.1. The van der Waals surface area contributed by atoms with Crippen molar-refractivity contribution in [2.45, 2.75) is 38.3 Å². The summed E-state index contributed by atoms with van der Waals surface area (Å²) in [5.74, 6) is -0.218. The van der Waals surface area contributed by atoms with E-state index in [1.54, 1.807) is 6.07 Å². The van der Waals surface area contributed by atoms with E-state index < -0.39 is 0 Å². The maximum atomic E-state index is 12.9. The zero-order valence-electron chi connectivity index (χ0n) is 8.83. The van der Waals surface area contributed by atoms with E-state index in [1.165, 1.54) is 12.1 Å². The minimum atomic E-state index is -0.269. The predicted molar refractivity (Wildman–Crippen MR) is 58.4 cm³/mol. The van der Waals surface area contributed by atoms with Gasteiger partial charge in [0.2, 0.25) is 0 Å². The molecule has 15 heavy (non-hydrogen) atoms. The Morgan fingerprint density at radius 2 is 2.20 bits per heavy atom. The summed E-state index contributed by atoms with van der Waals surface area (Å²) < 4.78 is 12.9. The first-order valence-electron chi connectivity index (χ1n) is 5.37. The summed E-state index contributed by atoms with van der Waals surface area (Å²) in [5, 5.41) is 12.9. The molecular formula is C12H16FNO. The van der Waals surface area contributed by atoms with Crippen LogP contribution in [0, 0.1) is 12.7 Å². The Bertz CT molecular complexity index is 353. The van der Waals surface area contributed by atoms with E-state index in [2.05, 4.69) is 5.32 Å². The van der Waals surface area contributed by atoms with Gasteiger partial charge in [-0.3, -0.25) is 0 Å². The fourth-order valence-corrected chi connectivity index (χ4v) is 2.10. The number of nitrogens with one attached hydrogen (secondary N) is 1. The van der Waals surface area contributed by atoms with Gasteiger partial charge in [0, 0.05) is 5.69 Å². The number of hydrogen-bond donors (Lipinski definition) is 2. The van der Waals surface area contributed by atoms with E-state index >= 15 is 0 Å². The molecule has 1 aliphatic carbocycles. The van der Waals surface area contributed by atoms with E-state index in [4.69, 9.17) is 0 Å². The highest BCUT2D eigenvalue weighted by Gasteiger charge is 2.25. The second-order valence-electron chi connectivity index (χ2n) is 4.21. The standard InChI is InChI=1S/C12H16FNO/c1-8-7-9(13)5-6-10(8)14-11-3-2-4-12(11)15/h5-7,11-12,14-15H,2-4H2,1H3. The van der Waals surface area contributed by atoms with Crippen LogP contribution in [-0.2, 0) is 0 Å². The number of aryl methyl sites for hydroxylation is 1. The molecule has 1 aromatic rings. The molecule has 0 amide bonds. The fraction of sp³-hybridized carbons (Fsp3) is 0.500. The highest BCUT2D eigenvalue weighted by atomic mass is 19.1. The molecule has 82 valence electrons. The lowest BCUT2D eigenvalue weighted by Gasteiger charge is -2.19. The first kappa shape index (κ1) is 10.4. The predicted octanol–water partition coefficient (Wildman–Crippen LogP) is 2.46. The van der Waals surface area contributed by atoms with Crippen LogP contribution < -0.4 is 5.32 Å². The molecule has 0 radical (unpaired) electrons. The summed E-state index contributed by atoms with van der Waals surface area (Å²) in [5.41, 5.74) is 1.80. The van der Waals surface area contributed by atoms with Crippen LogP contribution in [0.1, 0.15) is 24.8 Å². The van der Waals surface area contributed by atoms with Crippen molar-refractivity contribution in [2.24, 2.45) is 0 Å². The molecule has 2 rings (SSSR count). The highest BCUT2D eigenvalue weighted by molar-refractivity contribution is 5.51. The Kier molecular flexibility index (Phi) is 2.91. The van der Waals surface area contributed by atoms with Gasteiger partial charge in [0.25, 0.3) is 0 Å². The van der Waals surface area contributed by atoms with Gasteiger partial charge in [0.05, 0.1) is 12.1 Å². The molecule has 1 aromatic carbocycles. The molecule has 0 bridgehead atoms. The molecule has 0 aromatic heterocycles. The van der Waals surface area contributed by atoms with Crippen molar-refractivity contribution >= 4 is 5.69 Å². The second kappa shape index (κ2) is 4.19. The van der Waals surface area contributed by atoms with Gasteiger partial charge < -0.3 is 10.4 Å². The molecule has 2 nitrogen and oxygen atoms in total. The van der Waals surface area contributed by atoms with Crippen molar-refractivity contribution in [3.8, 4) is 0 Å². The van der Waals surface area contributed by atoms with E-state index in [-0.39, 0.29) is 18.0 Å². The molecule has 1 aliphatic rings. The molecule has 2 atom stereocenters. The average Bonchev–Trinajstić information content (AvgIpc) is 2.57. The van der Waals surface area contributed by atoms with Gasteiger partial charge in [-0.25, -0.2) is 4.39 Å². The summed E-state index contributed by atoms with van der Waals surface area (Å²) in [6.07, 6.45) is 2.63. The monoisotopic (exact) mass is 209 g/mol. The maximum Gasteiger partial charge on any atom is 0.123 e. The van der Waals surface area contributed by atoms with Gasteiger partial charge in [-0.05, 0) is 49.9 Å². The maximum absolute atomic E-state index is 12.9. The SMILES string of the molecule is Cc1cc(F)ccc1NC1CCCC1O. The number of hydrogen-bond acceptors (Lipinski definition) is 2. The van der Waals surface area contributed by atoms with Crippen molar-refractivity contribution in [1.82, 2.24) is 0 Å². The summed E-state index contributed by atoms with van der Waals surface area (Å²) in [7, 11) is 0. The Balaban J connectivity index is 2.10. The molecule has 2 N–H and O–H groups in total. The first-order valence-corrected chi connectivity index (χ1v) is 5.37. The minimum Gasteiger partial charge on any atom is -0.391 e. The van der Waals surface area contributed by atoms with E-state index in [9.17, 15) is 9.50 Å². The zero-order valence-corrected chi connectivity index (χ0v) is 8.83. The van der Waals surface area contributed by atoms with Crippen molar-refractivity contribution in [2.75, 3.05) is 5.32 Å². The summed E-state index contributed by atoms with van der Waals surface area (Å²) >= 11 is 0. The van der Waals surface area contributed by atoms with Gasteiger partial charge in [0.15, 0.2) is 0 Å². The third kappa shape index (κ3) is 2.29. The number of anilines is 1. The summed E-state index contributed by atoms with van der Waals surface area (Å²) in [4.78, 5) is 0. The van der Waals surface area contributed by atoms with Gasteiger partial charge >= 0.3 is 0 Å². The molecule has 0 heterocycles. The van der Waals surface area contributed by atoms with E-state index in [0.29, 0.717) is 0 Å². The molecule has 0 aliphatic heterocycles. The fourth-order valence-electron chi connectivity index (χ4n) is 2.10. The molecule has 0 spiro atoms. The normalized spacial score (nSPS) is 25.5. The molecular weight excluding hydrogens is 193 g/mol. The number of rotatable bonds is 2. The molecule has 1 saturated carbocycles. The van der Waals surface area contributed by atoms with Crippen LogP contribution in [0.3, 0.4) is 0 Å². The quantitative estimate of drug-likeness (QED) is 0.784. The minimum absolute atomic E-state index is 0.120. The second-order valence-corrected chi connectivity index (χ2v) is 4.21. The lowest BCUT2D eigenvalue weighted by Crippen LogP contribution is -2.28. The van der Waals surface area contributed by atoms with Crippen molar-refractivity contribution in [1.29, 1.82) is 0 Å². The van der Waals surface area contributed by atoms with Crippen molar-refractivity contribution in [3.05, 3.63) is 29.6 Å². The Labute approximate surface area is 89.1 Å². The summed E-state index contributed by atoms with van der Waals surface area (Å²) in [6, 6.07) is 4.80. The molecule has 2 unspecified atom stereocenters. The van der Waals surface area contributed by atoms with Crippen LogP contribution in [-0.4, -0.2) is 17.3 Å². The Morgan fingerprint density at radius 3 is 2.80 bits per heavy atom. The molecule has 0 saturated heterocycles. The number of aliphatic hydroxyl groups excluding tert-OH is 1. The lowest BCUT2D eigenvalue weighted by molar-refractivity contribution is 0.172. The van der Waals surface area contributed by atoms with Crippen LogP contribution >= 0.6 is 0 Å². The largest absolute Gasteiger partial charge is 0.391 e. The van der Waals surface area contributed by atoms with Crippen LogP contribution in [0.5, 0.6) is 0 Å². The van der Waals surface area contributed by atoms with Crippen LogP contribution in [0.15, 0.2) is 18.2 Å². The smallest absolute Gasteiger partial charge is 0.123 e. The van der Waals surface area contributed by atoms with Crippen LogP contribution in [0.2, 0.25) is 0 Å². The number of halogens is 1. The molecule has 1 fully saturated rings. The van der Waals surface area contributed by atoms with E-state index in [1.807, 2.05) is 6.92 Å². The first-order chi connectivity index (χ1) is 7.16. The topological polar surface area (TPSA) is 32.3 Å². The van der Waals surface area contributed by atoms with Gasteiger partial charge in [0.1, 0.15) is 5.82 Å². The third-order valence-electron chi connectivity index (χ3n) is 3.01. The summed E-state index contributed by atoms with van der Waals surface area (Å²) in [6.45, 7) is 1.87. The average molecular weight is 209 g/mol. The van der Waals surface area contributed by atoms with Gasteiger partial charge in [-0.15, -0.1) is 0 Å². The van der Waals surface area contributed by atoms with E-state index in [0.717, 1.165) is 30.5 Å². The Hall–Kier alpha value is -1.09. The van der Waals surface area contributed by atoms with Crippen LogP contribution in [0.4, 0.5) is 10.1 Å². The third-order valence-corrected chi connectivity index (χ3v) is 3.01. The van der Waals surface area contributed by atoms with Crippen LogP contribution in [0.25, 0.3) is 0 Å². The number of aliphatic hydroxyl groups is 1. The van der Waals surface area contributed by atoms with Gasteiger partial charge in [-0.1, -0.05) is 0 Å². The van der Waals surface area contributed by atoms with Crippen molar-refractivity contribution < 1.29 is 9.50 Å². The molecule has 3 heteroatoms. The Morgan fingerprint density at radius 1 is 1.40 bits per heavy atom. The zero-order chi connectivity index (χ0) is 10.8. The van der Waals surface area contributed by atoms with Crippen molar-refractivity contribution in [3.63, 3.8) is 0 Å².